The number of carboxylic acid groups (broad SMARTS) is 1. The molecule has 1 atom stereocenters. The van der Waals surface area contributed by atoms with Crippen molar-refractivity contribution >= 4 is 17.6 Å². The van der Waals surface area contributed by atoms with Crippen LogP contribution in [0.1, 0.15) is 12.8 Å². The lowest BCUT2D eigenvalue weighted by atomic mass is 10.1. The van der Waals surface area contributed by atoms with Crippen molar-refractivity contribution in [3.63, 3.8) is 0 Å². The van der Waals surface area contributed by atoms with Crippen LogP contribution in [0.3, 0.4) is 0 Å². The van der Waals surface area contributed by atoms with Crippen molar-refractivity contribution in [2.24, 2.45) is 5.92 Å². The van der Waals surface area contributed by atoms with Gasteiger partial charge in [0.1, 0.15) is 12.4 Å². The number of carboxylic acids is 1. The van der Waals surface area contributed by atoms with Crippen molar-refractivity contribution < 1.29 is 14.6 Å². The van der Waals surface area contributed by atoms with Crippen molar-refractivity contribution in [2.75, 3.05) is 26.2 Å². The molecule has 1 aromatic carbocycles. The normalized spacial score (nSPS) is 19.5. The van der Waals surface area contributed by atoms with E-state index in [0.717, 1.165) is 26.1 Å². The molecule has 104 valence electrons. The zero-order chi connectivity index (χ0) is 13.7. The molecule has 0 amide bonds. The van der Waals surface area contributed by atoms with E-state index in [0.29, 0.717) is 17.4 Å². The lowest BCUT2D eigenvalue weighted by Gasteiger charge is -2.16. The Balaban J connectivity index is 1.70. The van der Waals surface area contributed by atoms with E-state index in [1.54, 1.807) is 6.07 Å². The molecule has 1 aromatic rings. The average molecular weight is 284 g/mol. The Morgan fingerprint density at radius 2 is 2.26 bits per heavy atom. The molecule has 1 unspecified atom stereocenters. The molecule has 2 rings (SSSR count). The number of para-hydroxylation sites is 1. The minimum Gasteiger partial charge on any atom is -0.491 e. The van der Waals surface area contributed by atoms with Crippen LogP contribution in [0.15, 0.2) is 24.3 Å². The topological polar surface area (TPSA) is 49.8 Å². The summed E-state index contributed by atoms with van der Waals surface area (Å²) in [5, 5.41) is 9.38. The van der Waals surface area contributed by atoms with Crippen LogP contribution in [0.25, 0.3) is 0 Å². The van der Waals surface area contributed by atoms with Gasteiger partial charge in [0.15, 0.2) is 0 Å². The van der Waals surface area contributed by atoms with E-state index in [2.05, 4.69) is 4.90 Å². The highest BCUT2D eigenvalue weighted by molar-refractivity contribution is 6.32. The third-order valence-corrected chi connectivity index (χ3v) is 3.65. The minimum atomic E-state index is -0.709. The summed E-state index contributed by atoms with van der Waals surface area (Å²) in [6.07, 6.45) is 1.22. The number of hydrogen-bond donors (Lipinski definition) is 1. The van der Waals surface area contributed by atoms with Gasteiger partial charge < -0.3 is 9.84 Å². The number of aliphatic carboxylic acids is 1. The van der Waals surface area contributed by atoms with Gasteiger partial charge in [0.2, 0.25) is 0 Å². The van der Waals surface area contributed by atoms with Crippen LogP contribution in [0.5, 0.6) is 5.75 Å². The molecule has 0 spiro atoms. The van der Waals surface area contributed by atoms with Crippen LogP contribution in [-0.2, 0) is 4.79 Å². The average Bonchev–Trinajstić information content (AvgIpc) is 2.78. The van der Waals surface area contributed by atoms with E-state index < -0.39 is 5.97 Å². The fourth-order valence-corrected chi connectivity index (χ4v) is 2.57. The van der Waals surface area contributed by atoms with Gasteiger partial charge in [-0.3, -0.25) is 9.69 Å². The Labute approximate surface area is 117 Å². The minimum absolute atomic E-state index is 0.266. The number of benzene rings is 1. The molecule has 0 aromatic heterocycles. The van der Waals surface area contributed by atoms with E-state index in [1.165, 1.54) is 0 Å². The highest BCUT2D eigenvalue weighted by atomic mass is 35.5. The highest BCUT2D eigenvalue weighted by Gasteiger charge is 2.24. The van der Waals surface area contributed by atoms with Crippen molar-refractivity contribution in [1.29, 1.82) is 0 Å². The van der Waals surface area contributed by atoms with Gasteiger partial charge in [-0.2, -0.15) is 0 Å². The Hall–Kier alpha value is -1.26. The van der Waals surface area contributed by atoms with Gasteiger partial charge >= 0.3 is 5.97 Å². The maximum atomic E-state index is 10.6. The third kappa shape index (κ3) is 4.40. The monoisotopic (exact) mass is 283 g/mol. The third-order valence-electron chi connectivity index (χ3n) is 3.34. The molecule has 4 nitrogen and oxygen atoms in total. The van der Waals surface area contributed by atoms with Crippen LogP contribution in [-0.4, -0.2) is 42.2 Å². The number of hydrogen-bond acceptors (Lipinski definition) is 3. The molecule has 0 aliphatic carbocycles. The lowest BCUT2D eigenvalue weighted by molar-refractivity contribution is -0.138. The second-order valence-corrected chi connectivity index (χ2v) is 5.24. The van der Waals surface area contributed by atoms with Gasteiger partial charge in [0, 0.05) is 19.5 Å². The summed E-state index contributed by atoms with van der Waals surface area (Å²) >= 11 is 6.00. The first-order chi connectivity index (χ1) is 9.15. The van der Waals surface area contributed by atoms with Crippen molar-refractivity contribution in [3.8, 4) is 5.75 Å². The molecule has 1 fully saturated rings. The number of rotatable bonds is 6. The standard InChI is InChI=1S/C14H18ClNO3/c15-12-3-1-2-4-13(12)19-8-7-16-6-5-11(10-16)9-14(17)18/h1-4,11H,5-10H2,(H,17,18). The quantitative estimate of drug-likeness (QED) is 0.871. The van der Waals surface area contributed by atoms with Gasteiger partial charge in [0.05, 0.1) is 5.02 Å². The predicted octanol–water partition coefficient (Wildman–Crippen LogP) is 2.52. The molecule has 0 saturated carbocycles. The SMILES string of the molecule is O=C(O)CC1CCN(CCOc2ccccc2Cl)C1. The molecule has 19 heavy (non-hydrogen) atoms. The summed E-state index contributed by atoms with van der Waals surface area (Å²) in [7, 11) is 0. The van der Waals surface area contributed by atoms with Crippen molar-refractivity contribution in [3.05, 3.63) is 29.3 Å². The second kappa shape index (κ2) is 6.78. The molecule has 1 heterocycles. The van der Waals surface area contributed by atoms with Crippen molar-refractivity contribution in [2.45, 2.75) is 12.8 Å². The number of nitrogens with zero attached hydrogens (tertiary/aromatic N) is 1. The predicted molar refractivity (Wildman–Crippen MR) is 73.7 cm³/mol. The summed E-state index contributed by atoms with van der Waals surface area (Å²) in [5.41, 5.74) is 0. The summed E-state index contributed by atoms with van der Waals surface area (Å²) in [5.74, 6) is 0.266. The van der Waals surface area contributed by atoms with Gasteiger partial charge in [0.25, 0.3) is 0 Å². The van der Waals surface area contributed by atoms with Crippen LogP contribution in [0, 0.1) is 5.92 Å². The van der Waals surface area contributed by atoms with E-state index in [-0.39, 0.29) is 12.3 Å². The van der Waals surface area contributed by atoms with Crippen LogP contribution in [0.4, 0.5) is 0 Å². The lowest BCUT2D eigenvalue weighted by Crippen LogP contribution is -2.26. The second-order valence-electron chi connectivity index (χ2n) is 4.83. The maximum absolute atomic E-state index is 10.6. The Kier molecular flexibility index (Phi) is 5.05. The molecule has 5 heteroatoms. The van der Waals surface area contributed by atoms with E-state index in [9.17, 15) is 4.79 Å². The fourth-order valence-electron chi connectivity index (χ4n) is 2.38. The van der Waals surface area contributed by atoms with Crippen LogP contribution >= 0.6 is 11.6 Å². The molecule has 0 radical (unpaired) electrons. The molecule has 1 N–H and O–H groups in total. The first-order valence-corrected chi connectivity index (χ1v) is 6.84. The summed E-state index contributed by atoms with van der Waals surface area (Å²) in [6.45, 7) is 3.17. The fraction of sp³-hybridized carbons (Fsp3) is 0.500. The maximum Gasteiger partial charge on any atom is 0.303 e. The smallest absolute Gasteiger partial charge is 0.303 e. The van der Waals surface area contributed by atoms with Crippen LogP contribution < -0.4 is 4.74 Å². The number of carbonyl (C=O) groups is 1. The summed E-state index contributed by atoms with van der Waals surface area (Å²) in [4.78, 5) is 12.9. The molecule has 0 bridgehead atoms. The van der Waals surface area contributed by atoms with E-state index in [4.69, 9.17) is 21.4 Å². The Morgan fingerprint density at radius 3 is 3.00 bits per heavy atom. The molecular weight excluding hydrogens is 266 g/mol. The van der Waals surface area contributed by atoms with Gasteiger partial charge in [-0.1, -0.05) is 23.7 Å². The summed E-state index contributed by atoms with van der Waals surface area (Å²) in [6, 6.07) is 7.40. The van der Waals surface area contributed by atoms with Crippen LogP contribution in [0.2, 0.25) is 5.02 Å². The zero-order valence-electron chi connectivity index (χ0n) is 10.7. The first kappa shape index (κ1) is 14.2. The van der Waals surface area contributed by atoms with E-state index >= 15 is 0 Å². The van der Waals surface area contributed by atoms with Gasteiger partial charge in [-0.15, -0.1) is 0 Å². The largest absolute Gasteiger partial charge is 0.491 e. The Bertz CT molecular complexity index is 438. The van der Waals surface area contributed by atoms with Gasteiger partial charge in [-0.05, 0) is 31.0 Å². The Morgan fingerprint density at radius 1 is 1.47 bits per heavy atom. The number of likely N-dealkylation sites (tertiary alicyclic amines) is 1. The number of ether oxygens (including phenoxy) is 1. The molecular formula is C14H18ClNO3. The number of halogens is 1. The first-order valence-electron chi connectivity index (χ1n) is 6.46. The molecule has 1 aliphatic rings. The van der Waals surface area contributed by atoms with E-state index in [1.807, 2.05) is 18.2 Å². The zero-order valence-corrected chi connectivity index (χ0v) is 11.5. The highest BCUT2D eigenvalue weighted by Crippen LogP contribution is 2.23. The van der Waals surface area contributed by atoms with Crippen molar-refractivity contribution in [1.82, 2.24) is 4.90 Å². The summed E-state index contributed by atoms with van der Waals surface area (Å²) < 4.78 is 5.63. The molecule has 1 aliphatic heterocycles. The molecule has 1 saturated heterocycles. The van der Waals surface area contributed by atoms with Gasteiger partial charge in [-0.25, -0.2) is 0 Å².